The van der Waals surface area contributed by atoms with E-state index < -0.39 is 0 Å². The van der Waals surface area contributed by atoms with Gasteiger partial charge in [0.25, 0.3) is 0 Å². The van der Waals surface area contributed by atoms with Crippen LogP contribution in [0.4, 0.5) is 4.79 Å². The molecule has 4 heteroatoms. The Morgan fingerprint density at radius 1 is 1.50 bits per heavy atom. The molecule has 0 aromatic heterocycles. The minimum absolute atomic E-state index is 0.0334. The normalized spacial score (nSPS) is 9.58. The summed E-state index contributed by atoms with van der Waals surface area (Å²) in [5, 5.41) is 2.59. The molecule has 0 heterocycles. The monoisotopic (exact) mass is 173 g/mol. The minimum Gasteiger partial charge on any atom is -0.341 e. The van der Waals surface area contributed by atoms with E-state index in [0.29, 0.717) is 13.1 Å². The van der Waals surface area contributed by atoms with Gasteiger partial charge in [-0.15, -0.1) is 0 Å². The SMILES string of the molecule is CCCCN(CCN)C(=O)NC. The van der Waals surface area contributed by atoms with Crippen molar-refractivity contribution in [2.75, 3.05) is 26.7 Å². The van der Waals surface area contributed by atoms with E-state index in [1.165, 1.54) is 0 Å². The molecule has 72 valence electrons. The molecule has 3 N–H and O–H groups in total. The highest BCUT2D eigenvalue weighted by Crippen LogP contribution is 1.94. The Morgan fingerprint density at radius 2 is 2.17 bits per heavy atom. The Bertz CT molecular complexity index is 127. The first-order chi connectivity index (χ1) is 5.76. The van der Waals surface area contributed by atoms with Crippen molar-refractivity contribution in [3.8, 4) is 0 Å². The second-order valence-electron chi connectivity index (χ2n) is 2.68. The van der Waals surface area contributed by atoms with Crippen molar-refractivity contribution in [1.82, 2.24) is 10.2 Å². The van der Waals surface area contributed by atoms with Gasteiger partial charge in [-0.05, 0) is 6.42 Å². The minimum atomic E-state index is -0.0334. The standard InChI is InChI=1S/C8H19N3O/c1-3-4-6-11(7-5-9)8(12)10-2/h3-7,9H2,1-2H3,(H,10,12). The fraction of sp³-hybridized carbons (Fsp3) is 0.875. The van der Waals surface area contributed by atoms with Crippen molar-refractivity contribution >= 4 is 6.03 Å². The summed E-state index contributed by atoms with van der Waals surface area (Å²) in [5.74, 6) is 0. The maximum atomic E-state index is 11.2. The first-order valence-electron chi connectivity index (χ1n) is 4.43. The highest BCUT2D eigenvalue weighted by molar-refractivity contribution is 5.73. The zero-order valence-corrected chi connectivity index (χ0v) is 7.97. The third kappa shape index (κ3) is 4.18. The number of carbonyl (C=O) groups excluding carboxylic acids is 1. The van der Waals surface area contributed by atoms with E-state index >= 15 is 0 Å². The fourth-order valence-corrected chi connectivity index (χ4v) is 0.978. The summed E-state index contributed by atoms with van der Waals surface area (Å²) in [4.78, 5) is 12.9. The lowest BCUT2D eigenvalue weighted by Gasteiger charge is -2.20. The van der Waals surface area contributed by atoms with E-state index in [2.05, 4.69) is 12.2 Å². The summed E-state index contributed by atoms with van der Waals surface area (Å²) < 4.78 is 0. The molecular weight excluding hydrogens is 154 g/mol. The molecule has 0 saturated carbocycles. The van der Waals surface area contributed by atoms with Crippen LogP contribution in [0.1, 0.15) is 19.8 Å². The number of nitrogens with zero attached hydrogens (tertiary/aromatic N) is 1. The van der Waals surface area contributed by atoms with Crippen LogP contribution in [0.15, 0.2) is 0 Å². The maximum absolute atomic E-state index is 11.2. The number of nitrogens with one attached hydrogen (secondary N) is 1. The quantitative estimate of drug-likeness (QED) is 0.631. The fourth-order valence-electron chi connectivity index (χ4n) is 0.978. The summed E-state index contributed by atoms with van der Waals surface area (Å²) in [6.45, 7) is 4.06. The smallest absolute Gasteiger partial charge is 0.317 e. The van der Waals surface area contributed by atoms with Gasteiger partial charge < -0.3 is 16.0 Å². The predicted molar refractivity (Wildman–Crippen MR) is 50.0 cm³/mol. The Hall–Kier alpha value is -0.770. The molecule has 0 aliphatic heterocycles. The van der Waals surface area contributed by atoms with Crippen LogP contribution in [-0.4, -0.2) is 37.6 Å². The second-order valence-corrected chi connectivity index (χ2v) is 2.68. The molecule has 0 aliphatic carbocycles. The van der Waals surface area contributed by atoms with Gasteiger partial charge in [0, 0.05) is 26.7 Å². The van der Waals surface area contributed by atoms with E-state index in [1.54, 1.807) is 11.9 Å². The van der Waals surface area contributed by atoms with Crippen LogP contribution >= 0.6 is 0 Å². The van der Waals surface area contributed by atoms with Gasteiger partial charge in [-0.1, -0.05) is 13.3 Å². The van der Waals surface area contributed by atoms with Crippen molar-refractivity contribution in [2.24, 2.45) is 5.73 Å². The molecule has 0 spiro atoms. The summed E-state index contributed by atoms with van der Waals surface area (Å²) >= 11 is 0. The second kappa shape index (κ2) is 6.91. The van der Waals surface area contributed by atoms with Gasteiger partial charge in [-0.2, -0.15) is 0 Å². The van der Waals surface area contributed by atoms with Gasteiger partial charge in [0.2, 0.25) is 0 Å². The van der Waals surface area contributed by atoms with Gasteiger partial charge in [-0.3, -0.25) is 0 Å². The molecule has 0 atom stereocenters. The van der Waals surface area contributed by atoms with Gasteiger partial charge in [0.15, 0.2) is 0 Å². The number of amides is 2. The Morgan fingerprint density at radius 3 is 2.58 bits per heavy atom. The lowest BCUT2D eigenvalue weighted by atomic mass is 10.3. The van der Waals surface area contributed by atoms with E-state index in [4.69, 9.17) is 5.73 Å². The zero-order valence-electron chi connectivity index (χ0n) is 7.97. The van der Waals surface area contributed by atoms with Crippen LogP contribution in [0.2, 0.25) is 0 Å². The number of urea groups is 1. The molecule has 0 aromatic rings. The molecule has 0 aliphatic rings. The summed E-state index contributed by atoms with van der Waals surface area (Å²) in [6.07, 6.45) is 2.13. The van der Waals surface area contributed by atoms with Crippen LogP contribution in [0.3, 0.4) is 0 Å². The third-order valence-corrected chi connectivity index (χ3v) is 1.68. The summed E-state index contributed by atoms with van der Waals surface area (Å²) in [6, 6.07) is -0.0334. The first kappa shape index (κ1) is 11.2. The van der Waals surface area contributed by atoms with E-state index in [0.717, 1.165) is 19.4 Å². The molecule has 4 nitrogen and oxygen atoms in total. The van der Waals surface area contributed by atoms with Crippen LogP contribution in [0.5, 0.6) is 0 Å². The lowest BCUT2D eigenvalue weighted by molar-refractivity contribution is 0.200. The van der Waals surface area contributed by atoms with Gasteiger partial charge >= 0.3 is 6.03 Å². The number of hydrogen-bond acceptors (Lipinski definition) is 2. The van der Waals surface area contributed by atoms with E-state index in [1.807, 2.05) is 0 Å². The van der Waals surface area contributed by atoms with E-state index in [-0.39, 0.29) is 6.03 Å². The average molecular weight is 173 g/mol. The largest absolute Gasteiger partial charge is 0.341 e. The molecule has 0 bridgehead atoms. The molecule has 0 fully saturated rings. The summed E-state index contributed by atoms with van der Waals surface area (Å²) in [7, 11) is 1.64. The number of carbonyl (C=O) groups is 1. The molecule has 0 aromatic carbocycles. The maximum Gasteiger partial charge on any atom is 0.317 e. The highest BCUT2D eigenvalue weighted by atomic mass is 16.2. The Kier molecular flexibility index (Phi) is 6.47. The van der Waals surface area contributed by atoms with Crippen molar-refractivity contribution < 1.29 is 4.79 Å². The van der Waals surface area contributed by atoms with E-state index in [9.17, 15) is 4.79 Å². The predicted octanol–water partition coefficient (Wildman–Crippen LogP) is 0.387. The lowest BCUT2D eigenvalue weighted by Crippen LogP contribution is -2.41. The number of unbranched alkanes of at least 4 members (excludes halogenated alkanes) is 1. The molecule has 0 unspecified atom stereocenters. The van der Waals surface area contributed by atoms with Crippen LogP contribution < -0.4 is 11.1 Å². The topological polar surface area (TPSA) is 58.4 Å². The first-order valence-corrected chi connectivity index (χ1v) is 4.43. The molecule has 0 rings (SSSR count). The van der Waals surface area contributed by atoms with Crippen molar-refractivity contribution in [1.29, 1.82) is 0 Å². The molecular formula is C8H19N3O. The number of hydrogen-bond donors (Lipinski definition) is 2. The van der Waals surface area contributed by atoms with Crippen LogP contribution in [0.25, 0.3) is 0 Å². The number of rotatable bonds is 5. The molecule has 2 amide bonds. The Labute approximate surface area is 74.1 Å². The average Bonchev–Trinajstić information content (AvgIpc) is 2.11. The third-order valence-electron chi connectivity index (χ3n) is 1.68. The van der Waals surface area contributed by atoms with Crippen molar-refractivity contribution in [3.05, 3.63) is 0 Å². The number of nitrogens with two attached hydrogens (primary N) is 1. The highest BCUT2D eigenvalue weighted by Gasteiger charge is 2.08. The van der Waals surface area contributed by atoms with Crippen molar-refractivity contribution in [2.45, 2.75) is 19.8 Å². The molecule has 0 saturated heterocycles. The van der Waals surface area contributed by atoms with Gasteiger partial charge in [-0.25, -0.2) is 4.79 Å². The van der Waals surface area contributed by atoms with Crippen LogP contribution in [-0.2, 0) is 0 Å². The molecule has 0 radical (unpaired) electrons. The zero-order chi connectivity index (χ0) is 9.40. The Balaban J connectivity index is 3.76. The van der Waals surface area contributed by atoms with Crippen LogP contribution in [0, 0.1) is 0 Å². The van der Waals surface area contributed by atoms with Crippen molar-refractivity contribution in [3.63, 3.8) is 0 Å². The van der Waals surface area contributed by atoms with Gasteiger partial charge in [0.05, 0.1) is 0 Å². The van der Waals surface area contributed by atoms with Gasteiger partial charge in [0.1, 0.15) is 0 Å². The summed E-state index contributed by atoms with van der Waals surface area (Å²) in [5.41, 5.74) is 5.37. The molecule has 12 heavy (non-hydrogen) atoms.